The number of guanidine groups is 1. The molecule has 0 bridgehead atoms. The van der Waals surface area contributed by atoms with Crippen LogP contribution < -0.4 is 15.5 Å². The van der Waals surface area contributed by atoms with Crippen LogP contribution >= 0.6 is 24.0 Å². The fraction of sp³-hybridized carbons (Fsp3) is 0.682. The zero-order valence-corrected chi connectivity index (χ0v) is 21.1. The lowest BCUT2D eigenvalue weighted by atomic mass is 10.1. The minimum atomic E-state index is 0. The van der Waals surface area contributed by atoms with Gasteiger partial charge < -0.3 is 25.2 Å². The normalized spacial score (nSPS) is 16.5. The van der Waals surface area contributed by atoms with Crippen LogP contribution in [0.2, 0.25) is 0 Å². The molecule has 0 amide bonds. The Hall–Kier alpha value is -1.06. The standard InChI is InChI=1S/C22H39N5O.HI/c1-6-28-21(12-15-26(4)5)17-24-22(23-3)25-18(2)19-10-9-11-20(16-19)27-13-7-8-14-27;/h9-11,16,18,21H,6-8,12-15,17H2,1-5H3,(H2,23,24,25);1H. The Kier molecular flexibility index (Phi) is 12.6. The van der Waals surface area contributed by atoms with Crippen molar-refractivity contribution in [3.8, 4) is 0 Å². The molecule has 1 aromatic carbocycles. The second-order valence-electron chi connectivity index (χ2n) is 7.78. The van der Waals surface area contributed by atoms with Crippen LogP contribution in [-0.2, 0) is 4.74 Å². The summed E-state index contributed by atoms with van der Waals surface area (Å²) >= 11 is 0. The number of hydrogen-bond donors (Lipinski definition) is 2. The lowest BCUT2D eigenvalue weighted by Gasteiger charge is -2.24. The molecule has 1 aliphatic heterocycles. The van der Waals surface area contributed by atoms with Crippen LogP contribution in [0.1, 0.15) is 44.7 Å². The van der Waals surface area contributed by atoms with Gasteiger partial charge in [0.05, 0.1) is 12.1 Å². The summed E-state index contributed by atoms with van der Waals surface area (Å²) in [6.45, 7) is 9.05. The maximum atomic E-state index is 5.87. The summed E-state index contributed by atoms with van der Waals surface area (Å²) in [4.78, 5) is 9.06. The smallest absolute Gasteiger partial charge is 0.191 e. The first kappa shape index (κ1) is 26.0. The minimum absolute atomic E-state index is 0. The van der Waals surface area contributed by atoms with Crippen molar-refractivity contribution in [3.05, 3.63) is 29.8 Å². The second-order valence-corrected chi connectivity index (χ2v) is 7.78. The average molecular weight is 518 g/mol. The Bertz CT molecular complexity index is 605. The molecule has 1 saturated heterocycles. The summed E-state index contributed by atoms with van der Waals surface area (Å²) in [5.74, 6) is 0.814. The van der Waals surface area contributed by atoms with Crippen LogP contribution in [0.15, 0.2) is 29.3 Å². The molecule has 0 spiro atoms. The number of nitrogens with one attached hydrogen (secondary N) is 2. The SMILES string of the molecule is CCOC(CCN(C)C)CNC(=NC)NC(C)c1cccc(N2CCCC2)c1.I. The van der Waals surface area contributed by atoms with E-state index in [0.29, 0.717) is 0 Å². The lowest BCUT2D eigenvalue weighted by Crippen LogP contribution is -2.43. The van der Waals surface area contributed by atoms with Gasteiger partial charge >= 0.3 is 0 Å². The summed E-state index contributed by atoms with van der Waals surface area (Å²) in [6.07, 6.45) is 3.77. The Morgan fingerprint density at radius 2 is 2.00 bits per heavy atom. The van der Waals surface area contributed by atoms with Crippen molar-refractivity contribution in [3.63, 3.8) is 0 Å². The maximum absolute atomic E-state index is 5.87. The topological polar surface area (TPSA) is 52.1 Å². The monoisotopic (exact) mass is 517 g/mol. The van der Waals surface area contributed by atoms with Gasteiger partial charge in [0.1, 0.15) is 0 Å². The molecule has 2 N–H and O–H groups in total. The van der Waals surface area contributed by atoms with Crippen molar-refractivity contribution in [1.82, 2.24) is 15.5 Å². The number of rotatable bonds is 10. The highest BCUT2D eigenvalue weighted by Gasteiger charge is 2.15. The molecule has 0 saturated carbocycles. The number of anilines is 1. The molecule has 1 fully saturated rings. The van der Waals surface area contributed by atoms with E-state index in [1.165, 1.54) is 37.2 Å². The molecule has 0 aliphatic carbocycles. The highest BCUT2D eigenvalue weighted by Crippen LogP contribution is 2.23. The molecule has 2 atom stereocenters. The van der Waals surface area contributed by atoms with Crippen LogP contribution in [0.3, 0.4) is 0 Å². The number of ether oxygens (including phenoxy) is 1. The molecule has 7 heteroatoms. The Morgan fingerprint density at radius 3 is 2.62 bits per heavy atom. The number of hydrogen-bond acceptors (Lipinski definition) is 4. The molecule has 2 rings (SSSR count). The Labute approximate surface area is 194 Å². The molecule has 1 aromatic rings. The van der Waals surface area contributed by atoms with E-state index >= 15 is 0 Å². The second kappa shape index (κ2) is 14.0. The van der Waals surface area contributed by atoms with Gasteiger partial charge in [-0.1, -0.05) is 12.1 Å². The van der Waals surface area contributed by atoms with Gasteiger partial charge in [-0.15, -0.1) is 24.0 Å². The lowest BCUT2D eigenvalue weighted by molar-refractivity contribution is 0.0548. The van der Waals surface area contributed by atoms with Crippen LogP contribution in [0, 0.1) is 0 Å². The van der Waals surface area contributed by atoms with Crippen molar-refractivity contribution in [1.29, 1.82) is 0 Å². The van der Waals surface area contributed by atoms with Crippen molar-refractivity contribution in [2.24, 2.45) is 4.99 Å². The zero-order valence-electron chi connectivity index (χ0n) is 18.8. The molecule has 0 radical (unpaired) electrons. The van der Waals surface area contributed by atoms with E-state index in [4.69, 9.17) is 4.74 Å². The first-order valence-electron chi connectivity index (χ1n) is 10.6. The van der Waals surface area contributed by atoms with Gasteiger partial charge in [0.2, 0.25) is 0 Å². The van der Waals surface area contributed by atoms with E-state index in [0.717, 1.165) is 32.1 Å². The van der Waals surface area contributed by atoms with Gasteiger partial charge in [0.15, 0.2) is 5.96 Å². The molecule has 6 nitrogen and oxygen atoms in total. The van der Waals surface area contributed by atoms with Crippen molar-refractivity contribution < 1.29 is 4.74 Å². The Morgan fingerprint density at radius 1 is 1.28 bits per heavy atom. The van der Waals surface area contributed by atoms with Gasteiger partial charge in [-0.2, -0.15) is 0 Å². The van der Waals surface area contributed by atoms with E-state index in [1.54, 1.807) is 0 Å². The number of halogens is 1. The molecule has 29 heavy (non-hydrogen) atoms. The predicted molar refractivity (Wildman–Crippen MR) is 135 cm³/mol. The van der Waals surface area contributed by atoms with E-state index in [-0.39, 0.29) is 36.1 Å². The summed E-state index contributed by atoms with van der Waals surface area (Å²) in [6, 6.07) is 9.04. The third kappa shape index (κ3) is 9.09. The third-order valence-corrected chi connectivity index (χ3v) is 5.22. The molecular weight excluding hydrogens is 477 g/mol. The molecule has 1 aliphatic rings. The molecule has 1 heterocycles. The molecule has 166 valence electrons. The first-order valence-corrected chi connectivity index (χ1v) is 10.6. The summed E-state index contributed by atoms with van der Waals surface area (Å²) in [5.41, 5.74) is 2.60. The van der Waals surface area contributed by atoms with Crippen molar-refractivity contribution in [2.75, 3.05) is 58.8 Å². The van der Waals surface area contributed by atoms with Crippen molar-refractivity contribution in [2.45, 2.75) is 45.3 Å². The summed E-state index contributed by atoms with van der Waals surface area (Å²) in [5, 5.41) is 6.95. The highest BCUT2D eigenvalue weighted by molar-refractivity contribution is 14.0. The highest BCUT2D eigenvalue weighted by atomic mass is 127. The largest absolute Gasteiger partial charge is 0.377 e. The van der Waals surface area contributed by atoms with Gasteiger partial charge in [0.25, 0.3) is 0 Å². The van der Waals surface area contributed by atoms with Crippen LogP contribution in [-0.4, -0.2) is 70.9 Å². The zero-order chi connectivity index (χ0) is 20.4. The van der Waals surface area contributed by atoms with Gasteiger partial charge in [-0.05, 0) is 64.9 Å². The quantitative estimate of drug-likeness (QED) is 0.283. The predicted octanol–water partition coefficient (Wildman–Crippen LogP) is 3.49. The van der Waals surface area contributed by atoms with E-state index < -0.39 is 0 Å². The van der Waals surface area contributed by atoms with Gasteiger partial charge in [-0.25, -0.2) is 0 Å². The minimum Gasteiger partial charge on any atom is -0.377 e. The fourth-order valence-corrected chi connectivity index (χ4v) is 3.54. The van der Waals surface area contributed by atoms with Crippen LogP contribution in [0.4, 0.5) is 5.69 Å². The van der Waals surface area contributed by atoms with E-state index in [2.05, 4.69) is 70.7 Å². The fourth-order valence-electron chi connectivity index (χ4n) is 3.54. The number of nitrogens with zero attached hydrogens (tertiary/aromatic N) is 3. The average Bonchev–Trinajstić information content (AvgIpc) is 3.23. The third-order valence-electron chi connectivity index (χ3n) is 5.22. The molecular formula is C22H40IN5O. The van der Waals surface area contributed by atoms with E-state index in [1.807, 2.05) is 14.0 Å². The van der Waals surface area contributed by atoms with Crippen LogP contribution in [0.25, 0.3) is 0 Å². The van der Waals surface area contributed by atoms with E-state index in [9.17, 15) is 0 Å². The van der Waals surface area contributed by atoms with Gasteiger partial charge in [0, 0.05) is 45.5 Å². The molecule has 0 aromatic heterocycles. The maximum Gasteiger partial charge on any atom is 0.191 e. The molecule has 2 unspecified atom stereocenters. The van der Waals surface area contributed by atoms with Crippen LogP contribution in [0.5, 0.6) is 0 Å². The number of aliphatic imine (C=N–C) groups is 1. The summed E-state index contributed by atoms with van der Waals surface area (Å²) < 4.78 is 5.87. The number of benzene rings is 1. The first-order chi connectivity index (χ1) is 13.5. The van der Waals surface area contributed by atoms with Gasteiger partial charge in [-0.3, -0.25) is 4.99 Å². The summed E-state index contributed by atoms with van der Waals surface area (Å²) in [7, 11) is 6.00. The van der Waals surface area contributed by atoms with Crippen molar-refractivity contribution >= 4 is 35.6 Å². The Balaban J connectivity index is 0.00000420.